The van der Waals surface area contributed by atoms with Crippen LogP contribution in [0.1, 0.15) is 36.8 Å². The van der Waals surface area contributed by atoms with Crippen molar-refractivity contribution in [1.29, 1.82) is 0 Å². The Bertz CT molecular complexity index is 1250. The molecule has 44 heavy (non-hydrogen) atoms. The molecule has 13 heteroatoms. The third-order valence-electron chi connectivity index (χ3n) is 5.76. The Balaban J connectivity index is 2.06. The molecule has 0 heterocycles. The molecule has 0 aromatic heterocycles. The molecule has 0 aliphatic carbocycles. The lowest BCUT2D eigenvalue weighted by atomic mass is 10.1. The number of benzene rings is 2. The first-order chi connectivity index (χ1) is 20.6. The maximum atomic E-state index is 13.0. The second kappa shape index (κ2) is 17.4. The third-order valence-corrected chi connectivity index (χ3v) is 7.41. The van der Waals surface area contributed by atoms with E-state index in [2.05, 4.69) is 10.6 Å². The molecule has 0 radical (unpaired) electrons. The minimum Gasteiger partial charge on any atom is -0.520 e. The first kappa shape index (κ1) is 36.2. The standard InChI is InChI=1S/C31H44N2O9Si2/c1-43(2,3)41-28(35)20-18-26(30(37)42-44(4,5)6)32-27(34)19-17-25(29(36)39-21-23-13-9-7-10-14-23)33-31(38)40-22-24-15-11-8-12-16-24/h7-16,25-26H,17-22H2,1-6H3,(H,32,34)(H,33,38). The van der Waals surface area contributed by atoms with Gasteiger partial charge < -0.3 is 29.0 Å². The maximum absolute atomic E-state index is 13.0. The number of rotatable bonds is 16. The molecule has 240 valence electrons. The molecule has 0 bridgehead atoms. The van der Waals surface area contributed by atoms with Gasteiger partial charge in [0.1, 0.15) is 25.3 Å². The molecule has 2 aromatic rings. The predicted molar refractivity (Wildman–Crippen MR) is 169 cm³/mol. The van der Waals surface area contributed by atoms with Crippen LogP contribution in [0.4, 0.5) is 4.79 Å². The van der Waals surface area contributed by atoms with E-state index in [9.17, 15) is 24.0 Å². The van der Waals surface area contributed by atoms with Gasteiger partial charge in [-0.3, -0.25) is 14.4 Å². The fraction of sp³-hybridized carbons (Fsp3) is 0.452. The van der Waals surface area contributed by atoms with Crippen molar-refractivity contribution in [3.8, 4) is 0 Å². The van der Waals surface area contributed by atoms with Gasteiger partial charge in [-0.05, 0) is 63.3 Å². The zero-order valence-electron chi connectivity index (χ0n) is 26.3. The summed E-state index contributed by atoms with van der Waals surface area (Å²) < 4.78 is 21.7. The summed E-state index contributed by atoms with van der Waals surface area (Å²) >= 11 is 0. The van der Waals surface area contributed by atoms with E-state index in [0.717, 1.165) is 11.1 Å². The molecule has 0 fully saturated rings. The monoisotopic (exact) mass is 644 g/mol. The van der Waals surface area contributed by atoms with Crippen molar-refractivity contribution in [3.05, 3.63) is 71.8 Å². The van der Waals surface area contributed by atoms with E-state index in [0.29, 0.717) is 0 Å². The number of carbonyl (C=O) groups excluding carboxylic acids is 5. The molecular formula is C31H44N2O9Si2. The van der Waals surface area contributed by atoms with Crippen molar-refractivity contribution in [1.82, 2.24) is 10.6 Å². The van der Waals surface area contributed by atoms with E-state index in [-0.39, 0.29) is 38.9 Å². The van der Waals surface area contributed by atoms with E-state index in [1.54, 1.807) is 48.5 Å². The molecule has 0 spiro atoms. The molecule has 2 amide bonds. The van der Waals surface area contributed by atoms with Crippen molar-refractivity contribution in [2.75, 3.05) is 0 Å². The third kappa shape index (κ3) is 15.5. The number of nitrogens with one attached hydrogen (secondary N) is 2. The molecule has 2 aromatic carbocycles. The normalized spacial score (nSPS) is 12.7. The Morgan fingerprint density at radius 1 is 0.614 bits per heavy atom. The summed E-state index contributed by atoms with van der Waals surface area (Å²) in [5.74, 6) is -2.41. The lowest BCUT2D eigenvalue weighted by Gasteiger charge is -2.24. The molecule has 0 aliphatic rings. The van der Waals surface area contributed by atoms with E-state index in [1.807, 2.05) is 51.4 Å². The molecule has 0 saturated carbocycles. The Morgan fingerprint density at radius 2 is 1.09 bits per heavy atom. The molecule has 11 nitrogen and oxygen atoms in total. The van der Waals surface area contributed by atoms with Crippen LogP contribution in [-0.2, 0) is 50.7 Å². The summed E-state index contributed by atoms with van der Waals surface area (Å²) in [5, 5.41) is 5.11. The second-order valence-electron chi connectivity index (χ2n) is 12.2. The van der Waals surface area contributed by atoms with E-state index in [1.165, 1.54) is 0 Å². The van der Waals surface area contributed by atoms with Crippen LogP contribution in [0.2, 0.25) is 39.3 Å². The number of carbonyl (C=O) groups is 5. The summed E-state index contributed by atoms with van der Waals surface area (Å²) in [6.45, 7) is 11.1. The number of esters is 1. The van der Waals surface area contributed by atoms with Crippen LogP contribution in [-0.4, -0.2) is 58.6 Å². The van der Waals surface area contributed by atoms with Crippen LogP contribution in [0.25, 0.3) is 0 Å². The molecule has 2 rings (SSSR count). The molecular weight excluding hydrogens is 601 g/mol. The highest BCUT2D eigenvalue weighted by atomic mass is 28.4. The Morgan fingerprint density at radius 3 is 1.61 bits per heavy atom. The van der Waals surface area contributed by atoms with E-state index in [4.69, 9.17) is 18.3 Å². The highest BCUT2D eigenvalue weighted by Crippen LogP contribution is 2.13. The number of ether oxygens (including phenoxy) is 2. The second-order valence-corrected chi connectivity index (χ2v) is 21.0. The van der Waals surface area contributed by atoms with Crippen LogP contribution in [0, 0.1) is 0 Å². The van der Waals surface area contributed by atoms with Gasteiger partial charge >= 0.3 is 18.0 Å². The average Bonchev–Trinajstić information content (AvgIpc) is 2.94. The fourth-order valence-corrected chi connectivity index (χ4v) is 5.33. The van der Waals surface area contributed by atoms with Crippen molar-refractivity contribution in [2.45, 2.75) is 90.3 Å². The van der Waals surface area contributed by atoms with Crippen LogP contribution >= 0.6 is 0 Å². The number of hydrogen-bond donors (Lipinski definition) is 2. The highest BCUT2D eigenvalue weighted by molar-refractivity contribution is 6.71. The van der Waals surface area contributed by atoms with Gasteiger partial charge in [-0.15, -0.1) is 0 Å². The Kier molecular flexibility index (Phi) is 14.3. The molecule has 0 aliphatic heterocycles. The highest BCUT2D eigenvalue weighted by Gasteiger charge is 2.30. The van der Waals surface area contributed by atoms with Crippen LogP contribution in [0.3, 0.4) is 0 Å². The van der Waals surface area contributed by atoms with Gasteiger partial charge in [0.25, 0.3) is 5.97 Å². The van der Waals surface area contributed by atoms with Gasteiger partial charge in [0.05, 0.1) is 0 Å². The SMILES string of the molecule is C[Si](C)(C)OC(=O)CCC(NC(=O)CCC(NC(=O)OCc1ccccc1)C(=O)OCc1ccccc1)C(=O)O[Si](C)(C)C. The van der Waals surface area contributed by atoms with E-state index >= 15 is 0 Å². The van der Waals surface area contributed by atoms with Crippen molar-refractivity contribution in [3.63, 3.8) is 0 Å². The number of hydrogen-bond acceptors (Lipinski definition) is 9. The zero-order chi connectivity index (χ0) is 32.8. The first-order valence-corrected chi connectivity index (χ1v) is 21.3. The minimum atomic E-state index is -2.30. The number of alkyl carbamates (subject to hydrolysis) is 1. The molecule has 2 N–H and O–H groups in total. The maximum Gasteiger partial charge on any atom is 0.408 e. The fourth-order valence-electron chi connectivity index (χ4n) is 3.80. The lowest BCUT2D eigenvalue weighted by molar-refractivity contribution is -0.148. The van der Waals surface area contributed by atoms with Crippen molar-refractivity contribution in [2.24, 2.45) is 0 Å². The van der Waals surface area contributed by atoms with E-state index < -0.39 is 58.6 Å². The average molecular weight is 645 g/mol. The summed E-state index contributed by atoms with van der Waals surface area (Å²) in [4.78, 5) is 63.7. The lowest BCUT2D eigenvalue weighted by Crippen LogP contribution is -2.47. The van der Waals surface area contributed by atoms with Gasteiger partial charge in [0, 0.05) is 12.8 Å². The summed E-state index contributed by atoms with van der Waals surface area (Å²) in [5.41, 5.74) is 1.51. The minimum absolute atomic E-state index is 0.00895. The molecule has 0 saturated heterocycles. The van der Waals surface area contributed by atoms with Gasteiger partial charge in [-0.25, -0.2) is 9.59 Å². The van der Waals surface area contributed by atoms with Gasteiger partial charge in [-0.2, -0.15) is 0 Å². The van der Waals surface area contributed by atoms with Gasteiger partial charge in [0.2, 0.25) is 22.5 Å². The van der Waals surface area contributed by atoms with Crippen LogP contribution < -0.4 is 10.6 Å². The Hall–Kier alpha value is -3.98. The first-order valence-electron chi connectivity index (χ1n) is 14.5. The quantitative estimate of drug-likeness (QED) is 0.194. The Labute approximate surface area is 261 Å². The van der Waals surface area contributed by atoms with Gasteiger partial charge in [-0.1, -0.05) is 60.7 Å². The topological polar surface area (TPSA) is 146 Å². The van der Waals surface area contributed by atoms with Crippen LogP contribution in [0.5, 0.6) is 0 Å². The zero-order valence-corrected chi connectivity index (χ0v) is 28.3. The summed E-state index contributed by atoms with van der Waals surface area (Å²) in [6.07, 6.45) is -1.31. The van der Waals surface area contributed by atoms with Crippen molar-refractivity contribution < 1.29 is 42.3 Å². The summed E-state index contributed by atoms with van der Waals surface area (Å²) in [7, 11) is -4.43. The van der Waals surface area contributed by atoms with Crippen LogP contribution in [0.15, 0.2) is 60.7 Å². The largest absolute Gasteiger partial charge is 0.520 e. The number of amides is 2. The summed E-state index contributed by atoms with van der Waals surface area (Å²) in [6, 6.07) is 15.8. The molecule has 2 unspecified atom stereocenters. The molecule has 2 atom stereocenters. The predicted octanol–water partition coefficient (Wildman–Crippen LogP) is 4.83. The smallest absolute Gasteiger partial charge is 0.408 e. The van der Waals surface area contributed by atoms with Crippen molar-refractivity contribution >= 4 is 46.5 Å². The van der Waals surface area contributed by atoms with Gasteiger partial charge in [0.15, 0.2) is 0 Å².